The lowest BCUT2D eigenvalue weighted by atomic mass is 10.1. The lowest BCUT2D eigenvalue weighted by molar-refractivity contribution is 0.0911. The van der Waals surface area contributed by atoms with E-state index in [0.29, 0.717) is 22.6 Å². The van der Waals surface area contributed by atoms with Crippen molar-refractivity contribution in [2.45, 2.75) is 26.9 Å². The van der Waals surface area contributed by atoms with Gasteiger partial charge >= 0.3 is 0 Å². The molecule has 1 aromatic rings. The number of ether oxygens (including phenoxy) is 1. The minimum atomic E-state index is 0.531. The Hall–Kier alpha value is -0.240. The molecule has 84 valence electrons. The molecule has 1 rings (SSSR count). The molecule has 0 saturated carbocycles. The summed E-state index contributed by atoms with van der Waals surface area (Å²) in [5.74, 6) is 0.586. The normalized spacial score (nSPS) is 12.8. The van der Waals surface area contributed by atoms with Gasteiger partial charge in [0.1, 0.15) is 0 Å². The van der Waals surface area contributed by atoms with E-state index in [0.717, 1.165) is 18.6 Å². The summed E-state index contributed by atoms with van der Waals surface area (Å²) in [5.41, 5.74) is 0.951. The molecule has 1 nitrogen and oxygen atoms in total. The maximum atomic E-state index is 6.03. The molecule has 0 radical (unpaired) electrons. The molecule has 3 heteroatoms. The van der Waals surface area contributed by atoms with Gasteiger partial charge in [0.25, 0.3) is 0 Å². The molecular formula is C12H16Cl2O. The fourth-order valence-electron chi connectivity index (χ4n) is 1.15. The lowest BCUT2D eigenvalue weighted by Gasteiger charge is -2.10. The van der Waals surface area contributed by atoms with E-state index in [4.69, 9.17) is 27.9 Å². The highest BCUT2D eigenvalue weighted by Gasteiger charge is 2.05. The highest BCUT2D eigenvalue weighted by Crippen LogP contribution is 2.26. The van der Waals surface area contributed by atoms with Crippen molar-refractivity contribution < 1.29 is 4.74 Å². The van der Waals surface area contributed by atoms with Crippen LogP contribution in [0.1, 0.15) is 25.8 Å². The first-order valence-corrected chi connectivity index (χ1v) is 5.91. The predicted molar refractivity (Wildman–Crippen MR) is 65.6 cm³/mol. The minimum Gasteiger partial charge on any atom is -0.376 e. The zero-order valence-electron chi connectivity index (χ0n) is 9.09. The summed E-state index contributed by atoms with van der Waals surface area (Å²) in [7, 11) is 0. The van der Waals surface area contributed by atoms with E-state index in [2.05, 4.69) is 13.8 Å². The van der Waals surface area contributed by atoms with Crippen LogP contribution in [-0.2, 0) is 11.3 Å². The van der Waals surface area contributed by atoms with E-state index in [1.165, 1.54) is 0 Å². The third-order valence-electron chi connectivity index (χ3n) is 2.39. The molecule has 1 aromatic carbocycles. The smallest absolute Gasteiger partial charge is 0.0732 e. The van der Waals surface area contributed by atoms with Gasteiger partial charge in [-0.2, -0.15) is 0 Å². The topological polar surface area (TPSA) is 9.23 Å². The molecule has 0 aromatic heterocycles. The SMILES string of the molecule is CCC(C)COCc1cccc(Cl)c1Cl. The second kappa shape index (κ2) is 6.37. The molecule has 1 atom stereocenters. The zero-order chi connectivity index (χ0) is 11.3. The maximum absolute atomic E-state index is 6.03. The zero-order valence-corrected chi connectivity index (χ0v) is 10.6. The Labute approximate surface area is 101 Å². The van der Waals surface area contributed by atoms with Crippen molar-refractivity contribution in [1.29, 1.82) is 0 Å². The van der Waals surface area contributed by atoms with Gasteiger partial charge in [0.2, 0.25) is 0 Å². The van der Waals surface area contributed by atoms with Gasteiger partial charge in [0, 0.05) is 6.61 Å². The van der Waals surface area contributed by atoms with Crippen molar-refractivity contribution in [3.63, 3.8) is 0 Å². The predicted octanol–water partition coefficient (Wildman–Crippen LogP) is 4.56. The molecule has 0 aliphatic rings. The molecule has 0 spiro atoms. The van der Waals surface area contributed by atoms with Crippen LogP contribution in [0.3, 0.4) is 0 Å². The first-order valence-electron chi connectivity index (χ1n) is 5.15. The van der Waals surface area contributed by atoms with Crippen LogP contribution in [0, 0.1) is 5.92 Å². The van der Waals surface area contributed by atoms with Crippen LogP contribution in [-0.4, -0.2) is 6.61 Å². The molecule has 0 amide bonds. The summed E-state index contributed by atoms with van der Waals surface area (Å²) in [5, 5.41) is 1.18. The first-order chi connectivity index (χ1) is 7.15. The summed E-state index contributed by atoms with van der Waals surface area (Å²) in [6.45, 7) is 5.61. The van der Waals surface area contributed by atoms with Crippen molar-refractivity contribution in [3.05, 3.63) is 33.8 Å². The molecule has 1 unspecified atom stereocenters. The largest absolute Gasteiger partial charge is 0.376 e. The second-order valence-electron chi connectivity index (χ2n) is 3.74. The summed E-state index contributed by atoms with van der Waals surface area (Å²) < 4.78 is 5.57. The van der Waals surface area contributed by atoms with Crippen molar-refractivity contribution in [2.24, 2.45) is 5.92 Å². The maximum Gasteiger partial charge on any atom is 0.0732 e. The molecule has 0 bridgehead atoms. The van der Waals surface area contributed by atoms with Crippen molar-refractivity contribution in [3.8, 4) is 0 Å². The Morgan fingerprint density at radius 2 is 2.07 bits per heavy atom. The Balaban J connectivity index is 2.47. The van der Waals surface area contributed by atoms with E-state index in [-0.39, 0.29) is 0 Å². The van der Waals surface area contributed by atoms with Crippen molar-refractivity contribution >= 4 is 23.2 Å². The molecule has 0 N–H and O–H groups in total. The Bertz CT molecular complexity index is 312. The van der Waals surface area contributed by atoms with Gasteiger partial charge in [0.05, 0.1) is 16.7 Å². The number of benzene rings is 1. The summed E-state index contributed by atoms with van der Waals surface area (Å²) in [6, 6.07) is 5.60. The number of rotatable bonds is 5. The third-order valence-corrected chi connectivity index (χ3v) is 3.25. The van der Waals surface area contributed by atoms with Crippen LogP contribution in [0.2, 0.25) is 10.0 Å². The van der Waals surface area contributed by atoms with Gasteiger partial charge in [-0.25, -0.2) is 0 Å². The van der Waals surface area contributed by atoms with E-state index >= 15 is 0 Å². The quantitative estimate of drug-likeness (QED) is 0.741. The fourth-order valence-corrected chi connectivity index (χ4v) is 1.52. The molecule has 0 aliphatic carbocycles. The monoisotopic (exact) mass is 246 g/mol. The highest BCUT2D eigenvalue weighted by molar-refractivity contribution is 6.42. The third kappa shape index (κ3) is 4.02. The second-order valence-corrected chi connectivity index (χ2v) is 4.53. The molecule has 0 aliphatic heterocycles. The van der Waals surface area contributed by atoms with E-state index in [9.17, 15) is 0 Å². The molecular weight excluding hydrogens is 231 g/mol. The average Bonchev–Trinajstić information content (AvgIpc) is 2.24. The van der Waals surface area contributed by atoms with Crippen molar-refractivity contribution in [2.75, 3.05) is 6.61 Å². The van der Waals surface area contributed by atoms with E-state index in [1.807, 2.05) is 12.1 Å². The van der Waals surface area contributed by atoms with Crippen LogP contribution in [0.4, 0.5) is 0 Å². The van der Waals surface area contributed by atoms with Gasteiger partial charge in [-0.3, -0.25) is 0 Å². The van der Waals surface area contributed by atoms with Crippen LogP contribution in [0.5, 0.6) is 0 Å². The Morgan fingerprint density at radius 1 is 1.33 bits per heavy atom. The standard InChI is InChI=1S/C12H16Cl2O/c1-3-9(2)7-15-8-10-5-4-6-11(13)12(10)14/h4-6,9H,3,7-8H2,1-2H3. The van der Waals surface area contributed by atoms with E-state index in [1.54, 1.807) is 6.07 Å². The van der Waals surface area contributed by atoms with Gasteiger partial charge in [0.15, 0.2) is 0 Å². The van der Waals surface area contributed by atoms with Crippen LogP contribution in [0.15, 0.2) is 18.2 Å². The molecule has 0 saturated heterocycles. The average molecular weight is 247 g/mol. The molecule has 0 fully saturated rings. The molecule has 15 heavy (non-hydrogen) atoms. The van der Waals surface area contributed by atoms with Crippen molar-refractivity contribution in [1.82, 2.24) is 0 Å². The van der Waals surface area contributed by atoms with Crippen LogP contribution in [0.25, 0.3) is 0 Å². The summed E-state index contributed by atoms with van der Waals surface area (Å²) in [6.07, 6.45) is 1.13. The summed E-state index contributed by atoms with van der Waals surface area (Å²) in [4.78, 5) is 0. The number of hydrogen-bond donors (Lipinski definition) is 0. The van der Waals surface area contributed by atoms with Gasteiger partial charge < -0.3 is 4.74 Å². The molecule has 0 heterocycles. The number of hydrogen-bond acceptors (Lipinski definition) is 1. The van der Waals surface area contributed by atoms with Crippen LogP contribution < -0.4 is 0 Å². The van der Waals surface area contributed by atoms with Gasteiger partial charge in [-0.15, -0.1) is 0 Å². The van der Waals surface area contributed by atoms with Crippen LogP contribution >= 0.6 is 23.2 Å². The lowest BCUT2D eigenvalue weighted by Crippen LogP contribution is -2.04. The minimum absolute atomic E-state index is 0.531. The van der Waals surface area contributed by atoms with Gasteiger partial charge in [-0.1, -0.05) is 55.6 Å². The fraction of sp³-hybridized carbons (Fsp3) is 0.500. The summed E-state index contributed by atoms with van der Waals surface area (Å²) >= 11 is 11.9. The highest BCUT2D eigenvalue weighted by atomic mass is 35.5. The Kier molecular flexibility index (Phi) is 5.44. The first kappa shape index (κ1) is 12.8. The Morgan fingerprint density at radius 3 is 2.73 bits per heavy atom. The number of halogens is 2. The van der Waals surface area contributed by atoms with E-state index < -0.39 is 0 Å². The van der Waals surface area contributed by atoms with Gasteiger partial charge in [-0.05, 0) is 17.5 Å².